The van der Waals surface area contributed by atoms with Crippen molar-refractivity contribution in [1.82, 2.24) is 0 Å². The number of hydrogen-bond donors (Lipinski definition) is 3. The zero-order valence-corrected chi connectivity index (χ0v) is 60.6. The number of carbonyl (C=O) groups is 4. The Bertz CT molecular complexity index is 1790. The van der Waals surface area contributed by atoms with Crippen LogP contribution in [-0.2, 0) is 65.4 Å². The van der Waals surface area contributed by atoms with E-state index in [4.69, 9.17) is 37.0 Å². The van der Waals surface area contributed by atoms with Crippen molar-refractivity contribution in [2.24, 2.45) is 23.7 Å². The fraction of sp³-hybridized carbons (Fsp3) is 0.944. The highest BCUT2D eigenvalue weighted by atomic mass is 31.2. The van der Waals surface area contributed by atoms with Crippen LogP contribution in [0.3, 0.4) is 0 Å². The van der Waals surface area contributed by atoms with Crippen LogP contribution in [0.1, 0.15) is 351 Å². The van der Waals surface area contributed by atoms with Gasteiger partial charge in [0, 0.05) is 25.7 Å². The van der Waals surface area contributed by atoms with Crippen molar-refractivity contribution in [2.45, 2.75) is 369 Å². The van der Waals surface area contributed by atoms with Gasteiger partial charge in [0.15, 0.2) is 12.2 Å². The number of unbranched alkanes of at least 4 members (excludes halogenated alkanes) is 31. The number of ether oxygens (including phenoxy) is 4. The van der Waals surface area contributed by atoms with Crippen molar-refractivity contribution in [3.8, 4) is 0 Å². The summed E-state index contributed by atoms with van der Waals surface area (Å²) in [7, 11) is -9.91. The van der Waals surface area contributed by atoms with Crippen LogP contribution in [0.4, 0.5) is 0 Å². The van der Waals surface area contributed by atoms with E-state index in [9.17, 15) is 43.2 Å². The molecule has 0 rings (SSSR count). The molecule has 0 aliphatic carbocycles. The third kappa shape index (κ3) is 61.0. The van der Waals surface area contributed by atoms with Crippen LogP contribution in [0.2, 0.25) is 0 Å². The van der Waals surface area contributed by atoms with Gasteiger partial charge in [0.05, 0.1) is 26.4 Å². The summed E-state index contributed by atoms with van der Waals surface area (Å²) < 4.78 is 68.3. The van der Waals surface area contributed by atoms with Gasteiger partial charge in [0.2, 0.25) is 0 Å². The van der Waals surface area contributed by atoms with E-state index < -0.39 is 97.5 Å². The number of aliphatic hydroxyl groups excluding tert-OH is 1. The smallest absolute Gasteiger partial charge is 0.462 e. The Hall–Kier alpha value is -1.94. The number of hydrogen-bond acceptors (Lipinski definition) is 15. The van der Waals surface area contributed by atoms with Crippen molar-refractivity contribution in [1.29, 1.82) is 0 Å². The van der Waals surface area contributed by atoms with Crippen LogP contribution in [0, 0.1) is 23.7 Å². The highest BCUT2D eigenvalue weighted by Gasteiger charge is 2.30. The molecule has 0 fully saturated rings. The fourth-order valence-electron chi connectivity index (χ4n) is 10.6. The fourth-order valence-corrected chi connectivity index (χ4v) is 12.1. The summed E-state index contributed by atoms with van der Waals surface area (Å²) >= 11 is 0. The maximum absolute atomic E-state index is 13.0. The second kappa shape index (κ2) is 60.7. The van der Waals surface area contributed by atoms with E-state index in [0.29, 0.717) is 25.7 Å². The molecule has 0 radical (unpaired) electrons. The highest BCUT2D eigenvalue weighted by molar-refractivity contribution is 7.47. The lowest BCUT2D eigenvalue weighted by Crippen LogP contribution is -2.30. The first kappa shape index (κ1) is 88.1. The zero-order valence-electron chi connectivity index (χ0n) is 58.8. The van der Waals surface area contributed by atoms with Gasteiger partial charge in [-0.2, -0.15) is 0 Å². The molecule has 0 spiro atoms. The molecule has 0 aromatic carbocycles. The van der Waals surface area contributed by atoms with Crippen LogP contribution >= 0.6 is 15.6 Å². The molecular weight excluding hydrogens is 1190 g/mol. The average Bonchev–Trinajstić information content (AvgIpc) is 2.91. The summed E-state index contributed by atoms with van der Waals surface area (Å²) in [6.45, 7) is 14.1. The minimum atomic E-state index is -4.95. The molecule has 0 heterocycles. The van der Waals surface area contributed by atoms with E-state index in [2.05, 4.69) is 55.4 Å². The summed E-state index contributed by atoms with van der Waals surface area (Å²) in [5, 5.41) is 10.6. The summed E-state index contributed by atoms with van der Waals surface area (Å²) in [6, 6.07) is 0. The summed E-state index contributed by atoms with van der Waals surface area (Å²) in [4.78, 5) is 72.6. The SMILES string of the molecule is CCC(C)CCCCCCCCCCCCC(=O)O[C@H](COC(=O)CCCCCCCCC(C)CC)COP(=O)(O)OC[C@H](O)COP(=O)(O)OC[C@@H](COC(=O)CCCCCCCCCCC(C)CC)OC(=O)CCCCCCCCCCCCCC(C)C. The molecule has 19 heteroatoms. The highest BCUT2D eigenvalue weighted by Crippen LogP contribution is 2.45. The third-order valence-corrected chi connectivity index (χ3v) is 19.3. The Balaban J connectivity index is 5.28. The van der Waals surface area contributed by atoms with Gasteiger partial charge in [-0.3, -0.25) is 37.3 Å². The Labute approximate surface area is 549 Å². The molecule has 0 aromatic rings. The number of esters is 4. The van der Waals surface area contributed by atoms with Gasteiger partial charge in [-0.05, 0) is 49.4 Å². The predicted molar refractivity (Wildman–Crippen MR) is 363 cm³/mol. The minimum Gasteiger partial charge on any atom is -0.462 e. The maximum Gasteiger partial charge on any atom is 0.472 e. The van der Waals surface area contributed by atoms with Crippen LogP contribution in [0.5, 0.6) is 0 Å². The number of carbonyl (C=O) groups excluding carboxylic acids is 4. The van der Waals surface area contributed by atoms with Crippen LogP contribution in [0.25, 0.3) is 0 Å². The average molecular weight is 1330 g/mol. The van der Waals surface area contributed by atoms with E-state index in [-0.39, 0.29) is 25.7 Å². The van der Waals surface area contributed by atoms with E-state index >= 15 is 0 Å². The first-order valence-electron chi connectivity index (χ1n) is 36.8. The van der Waals surface area contributed by atoms with Gasteiger partial charge in [0.1, 0.15) is 19.3 Å². The molecular formula is C71H138O17P2. The quantitative estimate of drug-likeness (QED) is 0.0222. The van der Waals surface area contributed by atoms with E-state index in [1.807, 2.05) is 0 Å². The lowest BCUT2D eigenvalue weighted by molar-refractivity contribution is -0.161. The molecule has 0 aliphatic heterocycles. The summed E-state index contributed by atoms with van der Waals surface area (Å²) in [5.41, 5.74) is 0. The molecule has 0 saturated heterocycles. The van der Waals surface area contributed by atoms with Gasteiger partial charge < -0.3 is 33.8 Å². The van der Waals surface area contributed by atoms with Crippen molar-refractivity contribution in [3.63, 3.8) is 0 Å². The van der Waals surface area contributed by atoms with Crippen molar-refractivity contribution < 1.29 is 80.2 Å². The molecule has 534 valence electrons. The standard InChI is InChI=1S/C71H138O17P2/c1-9-62(6)48-40-32-24-18-15-16-20-28-38-46-54-71(76)88-67(58-82-69(74)52-44-36-30-29-34-42-50-64(8)11-3)60-86-90(79,80)84-56-65(72)55-83-89(77,78)85-59-66(57-81-68(73)51-43-35-26-22-21-25-33-41-49-63(7)10-2)87-70(75)53-45-37-27-19-14-12-13-17-23-31-39-47-61(4)5/h61-67,72H,9-60H2,1-8H3,(H,77,78)(H,79,80)/t62?,63?,64?,65-,66-,67-/m1/s1. The normalized spacial score (nSPS) is 15.2. The van der Waals surface area contributed by atoms with E-state index in [0.717, 1.165) is 120 Å². The topological polar surface area (TPSA) is 237 Å². The molecule has 8 atom stereocenters. The Kier molecular flexibility index (Phi) is 59.4. The summed E-state index contributed by atoms with van der Waals surface area (Å²) in [6.07, 6.45) is 42.9. The molecule has 90 heavy (non-hydrogen) atoms. The van der Waals surface area contributed by atoms with Crippen molar-refractivity contribution in [3.05, 3.63) is 0 Å². The first-order valence-corrected chi connectivity index (χ1v) is 39.8. The first-order chi connectivity index (χ1) is 43.2. The lowest BCUT2D eigenvalue weighted by Gasteiger charge is -2.21. The molecule has 0 aromatic heterocycles. The third-order valence-electron chi connectivity index (χ3n) is 17.4. The Morgan fingerprint density at radius 1 is 0.311 bits per heavy atom. The molecule has 17 nitrogen and oxygen atoms in total. The van der Waals surface area contributed by atoms with Gasteiger partial charge in [-0.15, -0.1) is 0 Å². The summed E-state index contributed by atoms with van der Waals surface area (Å²) in [5.74, 6) is 0.948. The largest absolute Gasteiger partial charge is 0.472 e. The van der Waals surface area contributed by atoms with Gasteiger partial charge in [0.25, 0.3) is 0 Å². The molecule has 0 bridgehead atoms. The van der Waals surface area contributed by atoms with Crippen LogP contribution in [0.15, 0.2) is 0 Å². The molecule has 0 saturated carbocycles. The Morgan fingerprint density at radius 2 is 0.533 bits per heavy atom. The molecule has 3 N–H and O–H groups in total. The monoisotopic (exact) mass is 1320 g/mol. The number of aliphatic hydroxyl groups is 1. The van der Waals surface area contributed by atoms with Gasteiger partial charge in [-0.25, -0.2) is 9.13 Å². The zero-order chi connectivity index (χ0) is 66.8. The van der Waals surface area contributed by atoms with E-state index in [1.165, 1.54) is 148 Å². The number of phosphoric ester groups is 2. The van der Waals surface area contributed by atoms with Crippen molar-refractivity contribution in [2.75, 3.05) is 39.6 Å². The van der Waals surface area contributed by atoms with E-state index in [1.54, 1.807) is 0 Å². The number of phosphoric acid groups is 2. The molecule has 0 aliphatic rings. The Morgan fingerprint density at radius 3 is 0.789 bits per heavy atom. The predicted octanol–water partition coefficient (Wildman–Crippen LogP) is 20.1. The second-order valence-corrected chi connectivity index (χ2v) is 29.7. The molecule has 0 amide bonds. The minimum absolute atomic E-state index is 0.105. The van der Waals surface area contributed by atoms with Gasteiger partial charge >= 0.3 is 39.5 Å². The number of rotatable bonds is 68. The maximum atomic E-state index is 13.0. The molecule has 5 unspecified atom stereocenters. The lowest BCUT2D eigenvalue weighted by atomic mass is 9.99. The second-order valence-electron chi connectivity index (χ2n) is 26.8. The van der Waals surface area contributed by atoms with Gasteiger partial charge in [-0.1, -0.05) is 299 Å². The van der Waals surface area contributed by atoms with Crippen molar-refractivity contribution >= 4 is 39.5 Å². The van der Waals surface area contributed by atoms with Crippen LogP contribution in [-0.4, -0.2) is 96.7 Å². The van der Waals surface area contributed by atoms with Crippen LogP contribution < -0.4 is 0 Å².